The number of hydrogen-bond donors (Lipinski definition) is 0. The zero-order valence-corrected chi connectivity index (χ0v) is 25.2. The van der Waals surface area contributed by atoms with Gasteiger partial charge < -0.3 is 14.4 Å². The second kappa shape index (κ2) is 18.9. The van der Waals surface area contributed by atoms with E-state index in [-0.39, 0.29) is 24.6 Å². The third kappa shape index (κ3) is 11.7. The van der Waals surface area contributed by atoms with Gasteiger partial charge in [-0.15, -0.1) is 11.8 Å². The number of hydrogen-bond acceptors (Lipinski definition) is 5. The fourth-order valence-electron chi connectivity index (χ4n) is 6.12. The molecule has 5 heteroatoms. The van der Waals surface area contributed by atoms with Crippen molar-refractivity contribution in [2.75, 3.05) is 13.7 Å². The molecule has 5 nitrogen and oxygen atoms in total. The van der Waals surface area contributed by atoms with Gasteiger partial charge in [0, 0.05) is 31.3 Å². The van der Waals surface area contributed by atoms with E-state index >= 15 is 0 Å². The van der Waals surface area contributed by atoms with Crippen molar-refractivity contribution in [3.8, 4) is 11.8 Å². The highest BCUT2D eigenvalue weighted by atomic mass is 16.6. The second-order valence-electron chi connectivity index (χ2n) is 11.9. The molecule has 2 bridgehead atoms. The molecule has 4 atom stereocenters. The van der Waals surface area contributed by atoms with Crippen molar-refractivity contribution in [3.05, 3.63) is 35.9 Å². The van der Waals surface area contributed by atoms with Crippen molar-refractivity contribution in [2.24, 2.45) is 0 Å². The van der Waals surface area contributed by atoms with Crippen LogP contribution in [0.2, 0.25) is 0 Å². The zero-order chi connectivity index (χ0) is 28.4. The van der Waals surface area contributed by atoms with Crippen LogP contribution >= 0.6 is 0 Å². The fourth-order valence-corrected chi connectivity index (χ4v) is 6.12. The normalized spacial score (nSPS) is 20.9. The molecule has 222 valence electrons. The van der Waals surface area contributed by atoms with Crippen LogP contribution < -0.4 is 0 Å². The first-order valence-corrected chi connectivity index (χ1v) is 16.2. The van der Waals surface area contributed by atoms with Crippen molar-refractivity contribution in [1.29, 1.82) is 0 Å². The summed E-state index contributed by atoms with van der Waals surface area (Å²) in [5.41, 5.74) is 0.832. The Balaban J connectivity index is 1.28. The minimum atomic E-state index is -0.589. The number of unbranched alkanes of at least 4 members (excludes halogenated alkanes) is 11. The Bertz CT molecular complexity index is 906. The van der Waals surface area contributed by atoms with E-state index in [1.807, 2.05) is 30.3 Å². The number of rotatable bonds is 18. The largest absolute Gasteiger partial charge is 0.464 e. The molecule has 2 aliphatic rings. The molecule has 1 aromatic carbocycles. The van der Waals surface area contributed by atoms with Crippen LogP contribution in [-0.4, -0.2) is 48.7 Å². The molecule has 0 saturated carbocycles. The van der Waals surface area contributed by atoms with E-state index < -0.39 is 5.92 Å². The Morgan fingerprint density at radius 1 is 0.850 bits per heavy atom. The molecule has 2 saturated heterocycles. The second-order valence-corrected chi connectivity index (χ2v) is 11.9. The molecular formula is C35H53NO4. The summed E-state index contributed by atoms with van der Waals surface area (Å²) in [5, 5.41) is 0. The number of esters is 2. The lowest BCUT2D eigenvalue weighted by Crippen LogP contribution is -2.44. The predicted molar refractivity (Wildman–Crippen MR) is 162 cm³/mol. The summed E-state index contributed by atoms with van der Waals surface area (Å²) in [5.74, 6) is 5.42. The molecule has 0 N–H and O–H groups in total. The Hall–Kier alpha value is -2.32. The van der Waals surface area contributed by atoms with E-state index in [0.717, 1.165) is 44.1 Å². The van der Waals surface area contributed by atoms with Crippen LogP contribution in [0.25, 0.3) is 0 Å². The van der Waals surface area contributed by atoms with Crippen LogP contribution in [0.15, 0.2) is 30.3 Å². The van der Waals surface area contributed by atoms with E-state index in [0.29, 0.717) is 18.5 Å². The number of carbonyl (C=O) groups is 2. The topological polar surface area (TPSA) is 55.8 Å². The van der Waals surface area contributed by atoms with E-state index in [9.17, 15) is 9.59 Å². The molecule has 0 radical (unpaired) electrons. The van der Waals surface area contributed by atoms with Crippen LogP contribution in [0.5, 0.6) is 0 Å². The molecule has 0 aliphatic carbocycles. The smallest absolute Gasteiger partial charge is 0.317 e. The first kappa shape index (κ1) is 32.2. The molecule has 2 unspecified atom stereocenters. The molecule has 0 aromatic heterocycles. The quantitative estimate of drug-likeness (QED) is 0.105. The lowest BCUT2D eigenvalue weighted by molar-refractivity contribution is -0.158. The number of piperidine rings is 1. The van der Waals surface area contributed by atoms with Crippen molar-refractivity contribution in [3.63, 3.8) is 0 Å². The summed E-state index contributed by atoms with van der Waals surface area (Å²) >= 11 is 0. The number of benzene rings is 1. The van der Waals surface area contributed by atoms with Crippen LogP contribution in [0.4, 0.5) is 0 Å². The first-order chi connectivity index (χ1) is 19.6. The molecule has 3 rings (SSSR count). The average Bonchev–Trinajstić information content (AvgIpc) is 3.15. The molecule has 2 aliphatic heterocycles. The van der Waals surface area contributed by atoms with Crippen molar-refractivity contribution in [1.82, 2.24) is 4.90 Å². The molecule has 2 fully saturated rings. The van der Waals surface area contributed by atoms with Crippen LogP contribution in [0.1, 0.15) is 134 Å². The Kier molecular flexibility index (Phi) is 15.2. The molecule has 0 amide bonds. The Morgan fingerprint density at radius 2 is 1.43 bits per heavy atom. The number of fused-ring (bicyclic) bond motifs is 2. The van der Waals surface area contributed by atoms with Crippen molar-refractivity contribution < 1.29 is 19.1 Å². The number of nitrogens with zero attached hydrogens (tertiary/aromatic N) is 1. The van der Waals surface area contributed by atoms with E-state index in [2.05, 4.69) is 30.7 Å². The van der Waals surface area contributed by atoms with Gasteiger partial charge in [0.2, 0.25) is 0 Å². The molecule has 2 heterocycles. The average molecular weight is 552 g/mol. The SMILES string of the molecule is CCCCCCCCCCCC#CCCCCC(=O)OCC(C(=O)OC1C[C@H]2CC[C@@H](C1)N2C)c1ccccc1. The summed E-state index contributed by atoms with van der Waals surface area (Å²) in [6.07, 6.45) is 19.9. The summed E-state index contributed by atoms with van der Waals surface area (Å²) in [4.78, 5) is 28.1. The summed E-state index contributed by atoms with van der Waals surface area (Å²) < 4.78 is 11.6. The summed E-state index contributed by atoms with van der Waals surface area (Å²) in [6, 6.07) is 10.6. The molecule has 1 aromatic rings. The molecule has 0 spiro atoms. The zero-order valence-electron chi connectivity index (χ0n) is 25.2. The lowest BCUT2D eigenvalue weighted by Gasteiger charge is -2.36. The minimum Gasteiger partial charge on any atom is -0.464 e. The van der Waals surface area contributed by atoms with Gasteiger partial charge in [-0.2, -0.15) is 0 Å². The highest BCUT2D eigenvalue weighted by molar-refractivity contribution is 5.79. The van der Waals surface area contributed by atoms with Gasteiger partial charge in [-0.05, 0) is 57.6 Å². The van der Waals surface area contributed by atoms with Gasteiger partial charge in [0.15, 0.2) is 0 Å². The van der Waals surface area contributed by atoms with Gasteiger partial charge in [0.1, 0.15) is 18.6 Å². The third-order valence-electron chi connectivity index (χ3n) is 8.70. The maximum absolute atomic E-state index is 13.2. The van der Waals surface area contributed by atoms with Gasteiger partial charge >= 0.3 is 11.9 Å². The number of carbonyl (C=O) groups excluding carboxylic acids is 2. The maximum atomic E-state index is 13.2. The Labute approximate surface area is 243 Å². The van der Waals surface area contributed by atoms with E-state index in [1.165, 1.54) is 70.6 Å². The van der Waals surface area contributed by atoms with E-state index in [4.69, 9.17) is 9.47 Å². The van der Waals surface area contributed by atoms with Crippen molar-refractivity contribution >= 4 is 11.9 Å². The highest BCUT2D eigenvalue weighted by Crippen LogP contribution is 2.36. The van der Waals surface area contributed by atoms with Crippen LogP contribution in [-0.2, 0) is 19.1 Å². The summed E-state index contributed by atoms with van der Waals surface area (Å²) in [7, 11) is 2.18. The van der Waals surface area contributed by atoms with Crippen LogP contribution in [0.3, 0.4) is 0 Å². The number of ether oxygens (including phenoxy) is 2. The van der Waals surface area contributed by atoms with Gasteiger partial charge in [0.25, 0.3) is 0 Å². The molecule has 40 heavy (non-hydrogen) atoms. The molecular weight excluding hydrogens is 498 g/mol. The monoisotopic (exact) mass is 551 g/mol. The Morgan fingerprint density at radius 3 is 2.05 bits per heavy atom. The first-order valence-electron chi connectivity index (χ1n) is 16.2. The maximum Gasteiger partial charge on any atom is 0.317 e. The minimum absolute atomic E-state index is 0.0275. The summed E-state index contributed by atoms with van der Waals surface area (Å²) in [6.45, 7) is 2.29. The third-order valence-corrected chi connectivity index (χ3v) is 8.70. The van der Waals surface area contributed by atoms with Gasteiger partial charge in [0.05, 0.1) is 0 Å². The van der Waals surface area contributed by atoms with Gasteiger partial charge in [-0.3, -0.25) is 9.59 Å². The standard InChI is InChI=1S/C35H53NO4/c1-3-4-5-6-7-8-9-10-11-12-13-14-15-16-20-23-34(37)39-28-33(29-21-18-17-19-22-29)35(38)40-32-26-30-24-25-31(27-32)36(30)2/h17-19,21-22,30-33H,3-12,15-16,20,23-28H2,1-2H3/t30-,31+,32?,33?. The fraction of sp³-hybridized carbons (Fsp3) is 0.714. The van der Waals surface area contributed by atoms with Crippen LogP contribution in [0, 0.1) is 11.8 Å². The highest BCUT2D eigenvalue weighted by Gasteiger charge is 2.40. The van der Waals surface area contributed by atoms with Gasteiger partial charge in [-0.25, -0.2) is 0 Å². The van der Waals surface area contributed by atoms with Crippen molar-refractivity contribution in [2.45, 2.75) is 147 Å². The van der Waals surface area contributed by atoms with Gasteiger partial charge in [-0.1, -0.05) is 88.6 Å². The lowest BCUT2D eigenvalue weighted by atomic mass is 9.98. The predicted octanol–water partition coefficient (Wildman–Crippen LogP) is 7.97. The van der Waals surface area contributed by atoms with E-state index in [1.54, 1.807) is 0 Å².